The summed E-state index contributed by atoms with van der Waals surface area (Å²) < 4.78 is 0. The topological polar surface area (TPSA) is 0 Å². The van der Waals surface area contributed by atoms with Gasteiger partial charge in [0.25, 0.3) is 0 Å². The van der Waals surface area contributed by atoms with Crippen LogP contribution in [-0.2, 0) is 0 Å². The Morgan fingerprint density at radius 2 is 1.77 bits per heavy atom. The van der Waals surface area contributed by atoms with E-state index in [9.17, 15) is 0 Å². The summed E-state index contributed by atoms with van der Waals surface area (Å²) >= 11 is 0. The standard InChI is InChI=1S/C13H26/c1-5-7-9-11-13(3,4)12-10-8-6-2/h5,7H,6,8-12H2,1-4H3. The Morgan fingerprint density at radius 1 is 1.08 bits per heavy atom. The van der Waals surface area contributed by atoms with E-state index in [0.29, 0.717) is 5.41 Å². The molecule has 13 heavy (non-hydrogen) atoms. The van der Waals surface area contributed by atoms with E-state index in [2.05, 4.69) is 39.8 Å². The largest absolute Gasteiger partial charge is 0.0917 e. The first-order valence-electron chi connectivity index (χ1n) is 5.73. The number of hydrogen-bond acceptors (Lipinski definition) is 0. The summed E-state index contributed by atoms with van der Waals surface area (Å²) in [6, 6.07) is 0. The smallest absolute Gasteiger partial charge is 0.0346 e. The quantitative estimate of drug-likeness (QED) is 0.386. The first kappa shape index (κ1) is 12.7. The Balaban J connectivity index is 3.53. The van der Waals surface area contributed by atoms with Crippen LogP contribution in [0.2, 0.25) is 0 Å². The van der Waals surface area contributed by atoms with Gasteiger partial charge < -0.3 is 0 Å². The number of allylic oxidation sites excluding steroid dienone is 2. The van der Waals surface area contributed by atoms with Crippen molar-refractivity contribution in [1.82, 2.24) is 0 Å². The molecule has 0 amide bonds. The first-order valence-corrected chi connectivity index (χ1v) is 5.73. The zero-order chi connectivity index (χ0) is 10.2. The summed E-state index contributed by atoms with van der Waals surface area (Å²) in [5.74, 6) is 0. The van der Waals surface area contributed by atoms with Crippen LogP contribution in [0.25, 0.3) is 0 Å². The Bertz CT molecular complexity index is 131. The van der Waals surface area contributed by atoms with Crippen molar-refractivity contribution < 1.29 is 0 Å². The molecule has 0 aliphatic rings. The van der Waals surface area contributed by atoms with Gasteiger partial charge in [-0.2, -0.15) is 0 Å². The second kappa shape index (κ2) is 7.17. The molecular weight excluding hydrogens is 156 g/mol. The van der Waals surface area contributed by atoms with Gasteiger partial charge >= 0.3 is 0 Å². The molecule has 0 heterocycles. The van der Waals surface area contributed by atoms with Gasteiger partial charge in [0.15, 0.2) is 0 Å². The normalized spacial score (nSPS) is 12.6. The highest BCUT2D eigenvalue weighted by atomic mass is 14.2. The molecule has 0 saturated heterocycles. The van der Waals surface area contributed by atoms with Gasteiger partial charge in [-0.25, -0.2) is 0 Å². The maximum atomic E-state index is 2.40. The molecule has 0 aromatic carbocycles. The van der Waals surface area contributed by atoms with Crippen LogP contribution in [0.3, 0.4) is 0 Å². The third-order valence-corrected chi connectivity index (χ3v) is 2.68. The predicted molar refractivity (Wildman–Crippen MR) is 62.0 cm³/mol. The summed E-state index contributed by atoms with van der Waals surface area (Å²) in [6.45, 7) is 9.16. The van der Waals surface area contributed by atoms with Gasteiger partial charge in [0, 0.05) is 0 Å². The second-order valence-electron chi connectivity index (χ2n) is 4.73. The van der Waals surface area contributed by atoms with E-state index < -0.39 is 0 Å². The van der Waals surface area contributed by atoms with Crippen LogP contribution in [-0.4, -0.2) is 0 Å². The van der Waals surface area contributed by atoms with Crippen molar-refractivity contribution in [2.24, 2.45) is 5.41 Å². The molecule has 0 unspecified atom stereocenters. The summed E-state index contributed by atoms with van der Waals surface area (Å²) in [4.78, 5) is 0. The predicted octanol–water partition coefficient (Wildman–Crippen LogP) is 4.95. The molecule has 0 spiro atoms. The van der Waals surface area contributed by atoms with E-state index in [-0.39, 0.29) is 0 Å². The molecule has 78 valence electrons. The third kappa shape index (κ3) is 8.08. The fraction of sp³-hybridized carbons (Fsp3) is 0.846. The summed E-state index contributed by atoms with van der Waals surface area (Å²) in [7, 11) is 0. The van der Waals surface area contributed by atoms with Crippen LogP contribution in [0.15, 0.2) is 12.2 Å². The highest BCUT2D eigenvalue weighted by molar-refractivity contribution is 4.80. The van der Waals surface area contributed by atoms with E-state index >= 15 is 0 Å². The van der Waals surface area contributed by atoms with Crippen molar-refractivity contribution in [3.8, 4) is 0 Å². The van der Waals surface area contributed by atoms with E-state index in [1.54, 1.807) is 0 Å². The van der Waals surface area contributed by atoms with Crippen molar-refractivity contribution in [1.29, 1.82) is 0 Å². The highest BCUT2D eigenvalue weighted by Gasteiger charge is 2.15. The first-order chi connectivity index (χ1) is 6.12. The van der Waals surface area contributed by atoms with Crippen LogP contribution in [0.1, 0.15) is 66.2 Å². The maximum absolute atomic E-state index is 2.40. The highest BCUT2D eigenvalue weighted by Crippen LogP contribution is 2.29. The number of rotatable bonds is 7. The van der Waals surface area contributed by atoms with E-state index in [4.69, 9.17) is 0 Å². The lowest BCUT2D eigenvalue weighted by Crippen LogP contribution is -2.10. The number of unbranched alkanes of at least 4 members (excludes halogenated alkanes) is 2. The molecule has 0 aliphatic carbocycles. The maximum Gasteiger partial charge on any atom is -0.0346 e. The minimum atomic E-state index is 0.550. The fourth-order valence-electron chi connectivity index (χ4n) is 1.62. The molecule has 0 nitrogen and oxygen atoms in total. The van der Waals surface area contributed by atoms with Gasteiger partial charge in [-0.15, -0.1) is 0 Å². The third-order valence-electron chi connectivity index (χ3n) is 2.68. The van der Waals surface area contributed by atoms with Gasteiger partial charge in [0.05, 0.1) is 0 Å². The molecule has 0 saturated carbocycles. The Labute approximate surface area is 84.4 Å². The average molecular weight is 182 g/mol. The SMILES string of the molecule is CC=CCCC(C)(C)CCCCC. The molecule has 0 rings (SSSR count). The van der Waals surface area contributed by atoms with Gasteiger partial charge in [0.1, 0.15) is 0 Å². The Kier molecular flexibility index (Phi) is 7.03. The molecule has 0 aromatic rings. The zero-order valence-electron chi connectivity index (χ0n) is 9.90. The number of hydrogen-bond donors (Lipinski definition) is 0. The summed E-state index contributed by atoms with van der Waals surface area (Å²) in [5, 5.41) is 0. The van der Waals surface area contributed by atoms with Crippen molar-refractivity contribution in [3.63, 3.8) is 0 Å². The molecule has 0 radical (unpaired) electrons. The zero-order valence-corrected chi connectivity index (χ0v) is 9.90. The minimum Gasteiger partial charge on any atom is -0.0917 e. The van der Waals surface area contributed by atoms with E-state index in [1.165, 1.54) is 38.5 Å². The van der Waals surface area contributed by atoms with Gasteiger partial charge in [-0.05, 0) is 31.6 Å². The molecule has 0 aliphatic heterocycles. The van der Waals surface area contributed by atoms with Crippen molar-refractivity contribution in [3.05, 3.63) is 12.2 Å². The molecule has 0 N–H and O–H groups in total. The van der Waals surface area contributed by atoms with Crippen LogP contribution < -0.4 is 0 Å². The molecule has 0 heteroatoms. The fourth-order valence-corrected chi connectivity index (χ4v) is 1.62. The van der Waals surface area contributed by atoms with Crippen molar-refractivity contribution >= 4 is 0 Å². The average Bonchev–Trinajstić information content (AvgIpc) is 2.05. The van der Waals surface area contributed by atoms with Crippen LogP contribution in [0, 0.1) is 5.41 Å². The molecule has 0 fully saturated rings. The van der Waals surface area contributed by atoms with Crippen LogP contribution in [0.5, 0.6) is 0 Å². The molecule has 0 aromatic heterocycles. The Morgan fingerprint density at radius 3 is 2.31 bits per heavy atom. The lowest BCUT2D eigenvalue weighted by atomic mass is 9.82. The van der Waals surface area contributed by atoms with Crippen LogP contribution in [0.4, 0.5) is 0 Å². The van der Waals surface area contributed by atoms with Crippen molar-refractivity contribution in [2.75, 3.05) is 0 Å². The molecule has 0 atom stereocenters. The van der Waals surface area contributed by atoms with Gasteiger partial charge in [-0.3, -0.25) is 0 Å². The van der Waals surface area contributed by atoms with Crippen molar-refractivity contribution in [2.45, 2.75) is 66.2 Å². The molecule has 0 bridgehead atoms. The lowest BCUT2D eigenvalue weighted by molar-refractivity contribution is 0.298. The minimum absolute atomic E-state index is 0.550. The van der Waals surface area contributed by atoms with E-state index in [0.717, 1.165) is 0 Å². The molecular formula is C13H26. The van der Waals surface area contributed by atoms with E-state index in [1.807, 2.05) is 0 Å². The monoisotopic (exact) mass is 182 g/mol. The summed E-state index contributed by atoms with van der Waals surface area (Å²) in [5.41, 5.74) is 0.550. The summed E-state index contributed by atoms with van der Waals surface area (Å²) in [6.07, 6.45) is 12.5. The second-order valence-corrected chi connectivity index (χ2v) is 4.73. The van der Waals surface area contributed by atoms with Gasteiger partial charge in [-0.1, -0.05) is 52.2 Å². The van der Waals surface area contributed by atoms with Crippen LogP contribution >= 0.6 is 0 Å². The Hall–Kier alpha value is -0.260. The van der Waals surface area contributed by atoms with Gasteiger partial charge in [0.2, 0.25) is 0 Å². The lowest BCUT2D eigenvalue weighted by Gasteiger charge is -2.23.